The van der Waals surface area contributed by atoms with Crippen molar-refractivity contribution < 1.29 is 0 Å². The molecule has 1 atom stereocenters. The second kappa shape index (κ2) is 7.35. The van der Waals surface area contributed by atoms with E-state index in [4.69, 9.17) is 4.99 Å². The van der Waals surface area contributed by atoms with Gasteiger partial charge in [-0.25, -0.2) is 0 Å². The summed E-state index contributed by atoms with van der Waals surface area (Å²) >= 11 is 3.72. The number of anilines is 2. The van der Waals surface area contributed by atoms with Crippen molar-refractivity contribution in [2.75, 3.05) is 16.8 Å². The van der Waals surface area contributed by atoms with Crippen molar-refractivity contribution in [2.45, 2.75) is 6.92 Å². The van der Waals surface area contributed by atoms with E-state index in [9.17, 15) is 0 Å². The Bertz CT molecular complexity index is 702. The fourth-order valence-corrected chi connectivity index (χ4v) is 5.95. The molecule has 0 aliphatic carbocycles. The molecule has 0 saturated carbocycles. The summed E-state index contributed by atoms with van der Waals surface area (Å²) in [5.74, 6) is 0. The molecule has 1 N–H and O–H groups in total. The van der Waals surface area contributed by atoms with E-state index in [2.05, 4.69) is 56.2 Å². The first-order chi connectivity index (χ1) is 10.8. The van der Waals surface area contributed by atoms with Crippen molar-refractivity contribution in [1.82, 2.24) is 0 Å². The van der Waals surface area contributed by atoms with Gasteiger partial charge in [-0.1, -0.05) is 36.4 Å². The molecule has 1 unspecified atom stereocenters. The first-order valence-electron chi connectivity index (χ1n) is 6.97. The van der Waals surface area contributed by atoms with Crippen LogP contribution in [0.3, 0.4) is 0 Å². The van der Waals surface area contributed by atoms with Gasteiger partial charge >= 0.3 is 0 Å². The van der Waals surface area contributed by atoms with E-state index in [1.807, 2.05) is 36.4 Å². The van der Waals surface area contributed by atoms with Gasteiger partial charge in [0.05, 0.1) is 0 Å². The highest BCUT2D eigenvalue weighted by atomic mass is 79.9. The molecule has 0 saturated heterocycles. The minimum atomic E-state index is -0.148. The van der Waals surface area contributed by atoms with Gasteiger partial charge < -0.3 is 10.2 Å². The van der Waals surface area contributed by atoms with Crippen molar-refractivity contribution in [3.05, 3.63) is 60.7 Å². The third-order valence-corrected chi connectivity index (χ3v) is 7.71. The van der Waals surface area contributed by atoms with Crippen molar-refractivity contribution in [1.29, 1.82) is 0 Å². The summed E-state index contributed by atoms with van der Waals surface area (Å²) in [6.45, 7) is 3.03. The molecule has 6 heteroatoms. The highest BCUT2D eigenvalue weighted by Gasteiger charge is 2.22. The number of rotatable bonds is 3. The van der Waals surface area contributed by atoms with E-state index < -0.39 is 0 Å². The first-order valence-corrected chi connectivity index (χ1v) is 11.4. The van der Waals surface area contributed by atoms with Gasteiger partial charge in [0.25, 0.3) is 0 Å². The van der Waals surface area contributed by atoms with Crippen molar-refractivity contribution in [3.63, 3.8) is 0 Å². The maximum Gasteiger partial charge on any atom is 0.182 e. The molecule has 1 aliphatic rings. The Hall–Kier alpha value is -1.24. The number of halogens is 1. The average molecular weight is 394 g/mol. The van der Waals surface area contributed by atoms with Crippen LogP contribution in [-0.2, 0) is 0 Å². The van der Waals surface area contributed by atoms with Gasteiger partial charge in [0.15, 0.2) is 10.3 Å². The molecule has 0 spiro atoms. The van der Waals surface area contributed by atoms with Crippen LogP contribution < -0.4 is 10.2 Å². The Morgan fingerprint density at radius 3 is 2.36 bits per heavy atom. The highest BCUT2D eigenvalue weighted by molar-refractivity contribution is 9.65. The lowest BCUT2D eigenvalue weighted by Gasteiger charge is -2.21. The van der Waals surface area contributed by atoms with Crippen LogP contribution in [0.25, 0.3) is 0 Å². The lowest BCUT2D eigenvalue weighted by atomic mass is 10.3. The molecule has 0 aromatic heterocycles. The molecule has 2 aromatic carbocycles. The zero-order valence-corrected chi connectivity index (χ0v) is 15.3. The summed E-state index contributed by atoms with van der Waals surface area (Å²) < 4.78 is 0. The molecule has 1 heterocycles. The molecular formula is C16H16BrN3S2. The number of benzene rings is 2. The largest absolute Gasteiger partial charge is 0.334 e. The number of hydrogen-bond acceptors (Lipinski definition) is 4. The van der Waals surface area contributed by atoms with Crippen molar-refractivity contribution in [3.8, 4) is 0 Å². The van der Waals surface area contributed by atoms with Gasteiger partial charge in [-0.3, -0.25) is 0 Å². The van der Waals surface area contributed by atoms with E-state index in [-0.39, 0.29) is 7.95 Å². The molecule has 3 rings (SSSR count). The molecule has 0 radical (unpaired) electrons. The molecular weight excluding hydrogens is 378 g/mol. The first kappa shape index (κ1) is 15.6. The Balaban J connectivity index is 1.81. The van der Waals surface area contributed by atoms with Crippen molar-refractivity contribution in [2.24, 2.45) is 4.99 Å². The molecule has 22 heavy (non-hydrogen) atoms. The van der Waals surface area contributed by atoms with Crippen LogP contribution in [0.2, 0.25) is 0 Å². The van der Waals surface area contributed by atoms with Crippen LogP contribution in [0.4, 0.5) is 11.4 Å². The maximum atomic E-state index is 4.79. The minimum absolute atomic E-state index is 0.148. The maximum absolute atomic E-state index is 4.79. The zero-order chi connectivity index (χ0) is 15.4. The predicted octanol–water partition coefficient (Wildman–Crippen LogP) is 5.31. The Labute approximate surface area is 144 Å². The summed E-state index contributed by atoms with van der Waals surface area (Å²) in [5.41, 5.74) is 2.23. The third-order valence-electron chi connectivity index (χ3n) is 3.14. The van der Waals surface area contributed by atoms with Gasteiger partial charge in [-0.15, -0.1) is 0 Å². The number of para-hydroxylation sites is 2. The molecule has 0 bridgehead atoms. The topological polar surface area (TPSA) is 27.6 Å². The zero-order valence-electron chi connectivity index (χ0n) is 12.1. The average Bonchev–Trinajstić information content (AvgIpc) is 2.91. The monoisotopic (exact) mass is 393 g/mol. The second-order valence-corrected chi connectivity index (χ2v) is 10.7. The highest BCUT2D eigenvalue weighted by Crippen LogP contribution is 2.46. The Morgan fingerprint density at radius 2 is 1.73 bits per heavy atom. The lowest BCUT2D eigenvalue weighted by Crippen LogP contribution is -2.27. The van der Waals surface area contributed by atoms with Crippen LogP contribution in [0.5, 0.6) is 0 Å². The smallest absolute Gasteiger partial charge is 0.182 e. The number of aliphatic imine (C=N–C) groups is 1. The van der Waals surface area contributed by atoms with E-state index in [1.54, 1.807) is 10.8 Å². The van der Waals surface area contributed by atoms with Gasteiger partial charge in [0.2, 0.25) is 0 Å². The standard InChI is InChI=1S/C16H16BrN3S2/c1-2-20(14-11-7-4-8-12-14)16-19-15(22(17)21-16)18-13-9-5-3-6-10-13/h3-12,18H,2H2,1H3. The number of nitrogens with zero attached hydrogens (tertiary/aromatic N) is 2. The second-order valence-electron chi connectivity index (χ2n) is 4.58. The summed E-state index contributed by atoms with van der Waals surface area (Å²) in [7, 11) is 1.59. The number of hydrogen-bond donors (Lipinski definition) is 1. The van der Waals surface area contributed by atoms with E-state index >= 15 is 0 Å². The molecule has 3 nitrogen and oxygen atoms in total. The summed E-state index contributed by atoms with van der Waals surface area (Å²) in [5, 5.41) is 5.38. The van der Waals surface area contributed by atoms with Crippen LogP contribution in [0.1, 0.15) is 6.92 Å². The number of amidine groups is 1. The van der Waals surface area contributed by atoms with Gasteiger partial charge in [-0.2, -0.15) is 4.99 Å². The molecule has 0 amide bonds. The lowest BCUT2D eigenvalue weighted by molar-refractivity contribution is 1.07. The van der Waals surface area contributed by atoms with Gasteiger partial charge in [0.1, 0.15) is 0 Å². The van der Waals surface area contributed by atoms with Crippen LogP contribution in [0.15, 0.2) is 65.7 Å². The summed E-state index contributed by atoms with van der Waals surface area (Å²) in [6.07, 6.45) is 0. The minimum Gasteiger partial charge on any atom is -0.334 e. The van der Waals surface area contributed by atoms with Crippen LogP contribution in [-0.4, -0.2) is 16.8 Å². The van der Waals surface area contributed by atoms with Gasteiger partial charge in [-0.05, 0) is 64.7 Å². The van der Waals surface area contributed by atoms with Crippen LogP contribution >= 0.6 is 33.6 Å². The molecule has 2 aromatic rings. The normalized spacial score (nSPS) is 17.3. The molecule has 1 aliphatic heterocycles. The molecule has 114 valence electrons. The van der Waals surface area contributed by atoms with E-state index in [1.165, 1.54) is 5.69 Å². The fraction of sp³-hybridized carbons (Fsp3) is 0.125. The third kappa shape index (κ3) is 3.56. The number of nitrogens with one attached hydrogen (secondary N) is 1. The predicted molar refractivity (Wildman–Crippen MR) is 106 cm³/mol. The molecule has 0 fully saturated rings. The van der Waals surface area contributed by atoms with Crippen molar-refractivity contribution >= 4 is 55.2 Å². The Kier molecular flexibility index (Phi) is 5.23. The van der Waals surface area contributed by atoms with E-state index in [0.717, 1.165) is 22.5 Å². The summed E-state index contributed by atoms with van der Waals surface area (Å²) in [4.78, 5) is 7.02. The van der Waals surface area contributed by atoms with Crippen LogP contribution in [0, 0.1) is 0 Å². The summed E-state index contributed by atoms with van der Waals surface area (Å²) in [6, 6.07) is 20.5. The fourth-order valence-electron chi connectivity index (χ4n) is 2.10. The SMILES string of the molecule is CCN(C1=NC(Nc2ccccc2)=S(Br)S1)c1ccccc1. The quantitative estimate of drug-likeness (QED) is 0.565. The Morgan fingerprint density at radius 1 is 1.09 bits per heavy atom. The van der Waals surface area contributed by atoms with Gasteiger partial charge in [0, 0.05) is 17.9 Å². The van der Waals surface area contributed by atoms with E-state index in [0.29, 0.717) is 0 Å².